The summed E-state index contributed by atoms with van der Waals surface area (Å²) in [5.74, 6) is 0.604. The van der Waals surface area contributed by atoms with E-state index in [1.165, 1.54) is 24.8 Å². The van der Waals surface area contributed by atoms with E-state index >= 15 is 0 Å². The van der Waals surface area contributed by atoms with Crippen LogP contribution in [0.15, 0.2) is 41.5 Å². The smallest absolute Gasteiger partial charge is 0.274 e. The third-order valence-corrected chi connectivity index (χ3v) is 3.47. The molecule has 1 aliphatic rings. The van der Waals surface area contributed by atoms with E-state index in [4.69, 9.17) is 0 Å². The van der Waals surface area contributed by atoms with Gasteiger partial charge in [-0.15, -0.1) is 0 Å². The van der Waals surface area contributed by atoms with E-state index in [2.05, 4.69) is 16.0 Å². The number of hydrogen-bond acceptors (Lipinski definition) is 2. The molecule has 1 aromatic carbocycles. The van der Waals surface area contributed by atoms with Gasteiger partial charge < -0.3 is 4.98 Å². The van der Waals surface area contributed by atoms with E-state index in [-0.39, 0.29) is 5.56 Å². The largest absolute Gasteiger partial charge is 0.326 e. The third kappa shape index (κ3) is 1.78. The minimum absolute atomic E-state index is 0.112. The van der Waals surface area contributed by atoms with E-state index < -0.39 is 0 Å². The van der Waals surface area contributed by atoms with Crippen LogP contribution in [-0.4, -0.2) is 9.97 Å². The van der Waals surface area contributed by atoms with Gasteiger partial charge in [0.25, 0.3) is 5.56 Å². The summed E-state index contributed by atoms with van der Waals surface area (Å²) in [6.45, 7) is 0. The van der Waals surface area contributed by atoms with Gasteiger partial charge in [-0.1, -0.05) is 30.7 Å². The molecule has 0 saturated heterocycles. The maximum Gasteiger partial charge on any atom is 0.274 e. The van der Waals surface area contributed by atoms with Crippen LogP contribution in [-0.2, 0) is 0 Å². The summed E-state index contributed by atoms with van der Waals surface area (Å²) in [6, 6.07) is 8.11. The fourth-order valence-corrected chi connectivity index (χ4v) is 2.33. The summed E-state index contributed by atoms with van der Waals surface area (Å²) in [5.41, 5.74) is 2.68. The molecule has 3 rings (SSSR count). The molecule has 0 unspecified atom stereocenters. The van der Waals surface area contributed by atoms with Crippen LogP contribution in [0, 0.1) is 0 Å². The van der Waals surface area contributed by atoms with Gasteiger partial charge >= 0.3 is 0 Å². The molecule has 3 nitrogen and oxygen atoms in total. The van der Waals surface area contributed by atoms with Crippen molar-refractivity contribution in [3.63, 3.8) is 0 Å². The van der Waals surface area contributed by atoms with E-state index in [0.717, 1.165) is 5.56 Å². The number of aromatic amines is 1. The Hall–Kier alpha value is -1.90. The molecular weight excluding hydrogens is 212 g/mol. The van der Waals surface area contributed by atoms with Crippen molar-refractivity contribution < 1.29 is 0 Å². The Kier molecular flexibility index (Phi) is 2.52. The highest BCUT2D eigenvalue weighted by Crippen LogP contribution is 2.39. The monoisotopic (exact) mass is 226 g/mol. The first-order valence-corrected chi connectivity index (χ1v) is 5.99. The Labute approximate surface area is 99.5 Å². The second kappa shape index (κ2) is 4.17. The molecule has 1 heterocycles. The zero-order valence-corrected chi connectivity index (χ0v) is 9.52. The van der Waals surface area contributed by atoms with Crippen molar-refractivity contribution >= 4 is 0 Å². The van der Waals surface area contributed by atoms with Gasteiger partial charge in [0.15, 0.2) is 0 Å². The highest BCUT2D eigenvalue weighted by Gasteiger charge is 2.23. The second-order valence-electron chi connectivity index (χ2n) is 4.48. The fourth-order valence-electron chi connectivity index (χ4n) is 2.33. The van der Waals surface area contributed by atoms with Crippen molar-refractivity contribution in [3.05, 3.63) is 52.6 Å². The molecule has 0 atom stereocenters. The first-order chi connectivity index (χ1) is 8.36. The van der Waals surface area contributed by atoms with E-state index in [9.17, 15) is 4.79 Å². The lowest BCUT2D eigenvalue weighted by Crippen LogP contribution is -2.14. The number of H-pyrrole nitrogens is 1. The van der Waals surface area contributed by atoms with Crippen molar-refractivity contribution in [1.29, 1.82) is 0 Å². The van der Waals surface area contributed by atoms with Gasteiger partial charge in [0.2, 0.25) is 0 Å². The lowest BCUT2D eigenvalue weighted by atomic mass is 9.78. The summed E-state index contributed by atoms with van der Waals surface area (Å²) in [4.78, 5) is 18.7. The predicted molar refractivity (Wildman–Crippen MR) is 66.9 cm³/mol. The van der Waals surface area contributed by atoms with Gasteiger partial charge in [0.05, 0.1) is 0 Å². The SMILES string of the molecule is O=c1[nH]ccnc1-c1ccccc1C1CCC1. The van der Waals surface area contributed by atoms with Crippen molar-refractivity contribution in [1.82, 2.24) is 9.97 Å². The van der Waals surface area contributed by atoms with E-state index in [1.807, 2.05) is 18.2 Å². The van der Waals surface area contributed by atoms with Crippen LogP contribution in [0.25, 0.3) is 11.3 Å². The molecule has 3 heteroatoms. The van der Waals surface area contributed by atoms with Crippen LogP contribution in [0.3, 0.4) is 0 Å². The number of hydrogen-bond donors (Lipinski definition) is 1. The number of nitrogens with one attached hydrogen (secondary N) is 1. The summed E-state index contributed by atoms with van der Waals surface area (Å²) >= 11 is 0. The highest BCUT2D eigenvalue weighted by atomic mass is 16.1. The number of nitrogens with zero attached hydrogens (tertiary/aromatic N) is 1. The standard InChI is InChI=1S/C14H14N2O/c17-14-13(15-8-9-16-14)12-7-2-1-6-11(12)10-4-3-5-10/h1-2,6-10H,3-5H2,(H,16,17). The van der Waals surface area contributed by atoms with E-state index in [0.29, 0.717) is 11.6 Å². The molecule has 0 radical (unpaired) electrons. The van der Waals surface area contributed by atoms with Crippen LogP contribution < -0.4 is 5.56 Å². The molecule has 1 aromatic heterocycles. The zero-order chi connectivity index (χ0) is 11.7. The topological polar surface area (TPSA) is 45.8 Å². The number of benzene rings is 1. The molecular formula is C14H14N2O. The molecule has 0 bridgehead atoms. The molecule has 2 aromatic rings. The Morgan fingerprint density at radius 1 is 1.24 bits per heavy atom. The summed E-state index contributed by atoms with van der Waals surface area (Å²) in [5, 5.41) is 0. The van der Waals surface area contributed by atoms with E-state index in [1.54, 1.807) is 12.4 Å². The average Bonchev–Trinajstić information content (AvgIpc) is 2.29. The minimum atomic E-state index is -0.112. The Morgan fingerprint density at radius 2 is 2.06 bits per heavy atom. The van der Waals surface area contributed by atoms with Crippen LogP contribution in [0.2, 0.25) is 0 Å². The summed E-state index contributed by atoms with van der Waals surface area (Å²) in [7, 11) is 0. The molecule has 86 valence electrons. The Bertz CT molecular complexity index is 585. The van der Waals surface area contributed by atoms with Crippen molar-refractivity contribution in [2.24, 2.45) is 0 Å². The van der Waals surface area contributed by atoms with Crippen LogP contribution in [0.5, 0.6) is 0 Å². The van der Waals surface area contributed by atoms with Gasteiger partial charge in [-0.05, 0) is 24.3 Å². The number of aromatic nitrogens is 2. The van der Waals surface area contributed by atoms with Crippen LogP contribution in [0.4, 0.5) is 0 Å². The molecule has 0 amide bonds. The summed E-state index contributed by atoms with van der Waals surface area (Å²) in [6.07, 6.45) is 6.94. The lowest BCUT2D eigenvalue weighted by Gasteiger charge is -2.27. The fraction of sp³-hybridized carbons (Fsp3) is 0.286. The molecule has 1 saturated carbocycles. The van der Waals surface area contributed by atoms with Gasteiger partial charge in [-0.25, -0.2) is 4.98 Å². The predicted octanol–water partition coefficient (Wildman–Crippen LogP) is 2.70. The lowest BCUT2D eigenvalue weighted by molar-refractivity contribution is 0.420. The first kappa shape index (κ1) is 10.3. The van der Waals surface area contributed by atoms with Gasteiger partial charge in [-0.2, -0.15) is 0 Å². The van der Waals surface area contributed by atoms with Gasteiger partial charge in [0.1, 0.15) is 5.69 Å². The molecule has 1 fully saturated rings. The first-order valence-electron chi connectivity index (χ1n) is 5.99. The minimum Gasteiger partial charge on any atom is -0.326 e. The molecule has 1 N–H and O–H groups in total. The number of rotatable bonds is 2. The quantitative estimate of drug-likeness (QED) is 0.855. The highest BCUT2D eigenvalue weighted by molar-refractivity contribution is 5.63. The summed E-state index contributed by atoms with van der Waals surface area (Å²) < 4.78 is 0. The molecule has 0 spiro atoms. The third-order valence-electron chi connectivity index (χ3n) is 3.47. The molecule has 1 aliphatic carbocycles. The van der Waals surface area contributed by atoms with Crippen molar-refractivity contribution in [2.45, 2.75) is 25.2 Å². The Morgan fingerprint density at radius 3 is 2.76 bits per heavy atom. The van der Waals surface area contributed by atoms with Crippen LogP contribution in [0.1, 0.15) is 30.7 Å². The Balaban J connectivity index is 2.14. The normalized spacial score (nSPS) is 15.5. The van der Waals surface area contributed by atoms with Gasteiger partial charge in [-0.3, -0.25) is 4.79 Å². The average molecular weight is 226 g/mol. The van der Waals surface area contributed by atoms with Crippen molar-refractivity contribution in [3.8, 4) is 11.3 Å². The zero-order valence-electron chi connectivity index (χ0n) is 9.52. The molecule has 0 aliphatic heterocycles. The van der Waals surface area contributed by atoms with Gasteiger partial charge in [0, 0.05) is 18.0 Å². The second-order valence-corrected chi connectivity index (χ2v) is 4.48. The maximum atomic E-state index is 11.8. The maximum absolute atomic E-state index is 11.8. The molecule has 17 heavy (non-hydrogen) atoms. The van der Waals surface area contributed by atoms with Crippen molar-refractivity contribution in [2.75, 3.05) is 0 Å². The van der Waals surface area contributed by atoms with Crippen LogP contribution >= 0.6 is 0 Å².